The summed E-state index contributed by atoms with van der Waals surface area (Å²) in [7, 11) is -9.80. The Kier molecular flexibility index (Phi) is 68.3. The van der Waals surface area contributed by atoms with E-state index in [1.165, 1.54) is 38.5 Å². The number of unbranched alkanes of at least 4 members (excludes halogenated alkanes) is 25. The van der Waals surface area contributed by atoms with Crippen LogP contribution in [0.15, 0.2) is 134 Å². The number of hydrogen-bond acceptors (Lipinski definition) is 14. The number of allylic oxidation sites excluding steroid dienone is 22. The first-order chi connectivity index (χ1) is 47.2. The van der Waals surface area contributed by atoms with Gasteiger partial charge in [0.15, 0.2) is 6.10 Å². The summed E-state index contributed by atoms with van der Waals surface area (Å²) >= 11 is 0. The largest absolute Gasteiger partial charge is 0.472 e. The van der Waals surface area contributed by atoms with E-state index in [1.54, 1.807) is 0 Å². The molecular weight excluding hydrogens is 1270 g/mol. The van der Waals surface area contributed by atoms with Gasteiger partial charge >= 0.3 is 33.6 Å². The second-order valence-electron chi connectivity index (χ2n) is 24.7. The van der Waals surface area contributed by atoms with E-state index in [0.717, 1.165) is 193 Å². The molecule has 18 heteroatoms. The van der Waals surface area contributed by atoms with Crippen molar-refractivity contribution in [2.45, 2.75) is 309 Å². The van der Waals surface area contributed by atoms with E-state index in [0.29, 0.717) is 19.3 Å². The molecule has 0 aliphatic carbocycles. The quantitative estimate of drug-likeness (QED) is 0.0146. The Labute approximate surface area is 588 Å². The molecule has 0 rings (SSSR count). The van der Waals surface area contributed by atoms with Crippen molar-refractivity contribution in [3.63, 3.8) is 0 Å². The maximum absolute atomic E-state index is 13.0. The minimum atomic E-state index is -4.94. The second kappa shape index (κ2) is 71.5. The molecule has 0 aliphatic heterocycles. The van der Waals surface area contributed by atoms with Crippen LogP contribution in [0.25, 0.3) is 0 Å². The fourth-order valence-electron chi connectivity index (χ4n) is 9.61. The molecule has 16 nitrogen and oxygen atoms in total. The van der Waals surface area contributed by atoms with Gasteiger partial charge in [-0.2, -0.15) is 0 Å². The van der Waals surface area contributed by atoms with E-state index in [4.69, 9.17) is 32.3 Å². The van der Waals surface area contributed by atoms with Crippen molar-refractivity contribution in [2.24, 2.45) is 0 Å². The number of phosphoric acid groups is 2. The normalized spacial score (nSPS) is 14.8. The zero-order chi connectivity index (χ0) is 70.9. The third-order valence-electron chi connectivity index (χ3n) is 15.3. The number of aliphatic hydroxyl groups excluding tert-OH is 2. The molecule has 0 saturated heterocycles. The Morgan fingerprint density at radius 3 is 0.866 bits per heavy atom. The molecule has 556 valence electrons. The Balaban J connectivity index is 4.71. The molecule has 0 aromatic rings. The van der Waals surface area contributed by atoms with Crippen LogP contribution in [0, 0.1) is 0 Å². The molecule has 0 amide bonds. The smallest absolute Gasteiger partial charge is 0.463 e. The van der Waals surface area contributed by atoms with Crippen LogP contribution >= 0.6 is 15.6 Å². The van der Waals surface area contributed by atoms with E-state index in [-0.39, 0.29) is 19.3 Å². The average molecular weight is 1400 g/mol. The summed E-state index contributed by atoms with van der Waals surface area (Å²) in [4.78, 5) is 58.6. The Bertz CT molecular complexity index is 2300. The van der Waals surface area contributed by atoms with Crippen molar-refractivity contribution in [3.05, 3.63) is 134 Å². The average Bonchev–Trinajstić information content (AvgIpc) is 1.81. The van der Waals surface area contributed by atoms with E-state index in [2.05, 4.69) is 154 Å². The SMILES string of the molecule is CC/C=C\C/C=C\C/C=C\C/C=C\C/C=C\CCCCCCCCCC(=O)OCC(O)COP(=O)(O)OCC(O)COP(=O)(O)OCC(COC(=O)CCCCCCCC/C=C\C/C=C\C/C=C\CCCCC)OC(=O)CCCCCCCC/C=C\C/C=C\C/C=C\CCCCC. The molecule has 0 aromatic heterocycles. The first-order valence-corrected chi connectivity index (χ1v) is 40.5. The topological polar surface area (TPSA) is 231 Å². The number of esters is 3. The highest BCUT2D eigenvalue weighted by molar-refractivity contribution is 7.47. The fourth-order valence-corrected chi connectivity index (χ4v) is 11.2. The molecule has 0 radical (unpaired) electrons. The van der Waals surface area contributed by atoms with Gasteiger partial charge in [0, 0.05) is 19.3 Å². The lowest BCUT2D eigenvalue weighted by Gasteiger charge is -2.21. The molecule has 5 atom stereocenters. The number of ether oxygens (including phenoxy) is 3. The van der Waals surface area contributed by atoms with Gasteiger partial charge in [0.2, 0.25) is 0 Å². The van der Waals surface area contributed by atoms with E-state index >= 15 is 0 Å². The van der Waals surface area contributed by atoms with Crippen LogP contribution in [0.5, 0.6) is 0 Å². The Morgan fingerprint density at radius 1 is 0.299 bits per heavy atom. The highest BCUT2D eigenvalue weighted by Gasteiger charge is 2.29. The maximum Gasteiger partial charge on any atom is 0.472 e. The summed E-state index contributed by atoms with van der Waals surface area (Å²) in [6, 6.07) is 0. The number of phosphoric ester groups is 2. The molecule has 97 heavy (non-hydrogen) atoms. The summed E-state index contributed by atoms with van der Waals surface area (Å²) in [5.41, 5.74) is 0. The Hall–Kier alpha value is -4.31. The lowest BCUT2D eigenvalue weighted by Crippen LogP contribution is -2.30. The van der Waals surface area contributed by atoms with Crippen LogP contribution in [0.2, 0.25) is 0 Å². The number of aliphatic hydroxyl groups is 2. The van der Waals surface area contributed by atoms with Gasteiger partial charge in [-0.25, -0.2) is 9.13 Å². The van der Waals surface area contributed by atoms with Gasteiger partial charge < -0.3 is 34.2 Å². The summed E-state index contributed by atoms with van der Waals surface area (Å²) in [6.07, 6.45) is 84.8. The van der Waals surface area contributed by atoms with Gasteiger partial charge in [0.05, 0.1) is 26.4 Å². The molecule has 5 unspecified atom stereocenters. The highest BCUT2D eigenvalue weighted by atomic mass is 31.2. The predicted molar refractivity (Wildman–Crippen MR) is 399 cm³/mol. The van der Waals surface area contributed by atoms with Crippen LogP contribution in [0.1, 0.15) is 290 Å². The number of hydrogen-bond donors (Lipinski definition) is 4. The van der Waals surface area contributed by atoms with Gasteiger partial charge in [-0.15, -0.1) is 0 Å². The minimum Gasteiger partial charge on any atom is -0.463 e. The van der Waals surface area contributed by atoms with Gasteiger partial charge in [0.1, 0.15) is 25.4 Å². The van der Waals surface area contributed by atoms with Gasteiger partial charge in [-0.3, -0.25) is 32.5 Å². The minimum absolute atomic E-state index is 0.0836. The lowest BCUT2D eigenvalue weighted by atomic mass is 10.1. The van der Waals surface area contributed by atoms with Crippen molar-refractivity contribution in [1.29, 1.82) is 0 Å². The van der Waals surface area contributed by atoms with Crippen molar-refractivity contribution in [3.8, 4) is 0 Å². The first-order valence-electron chi connectivity index (χ1n) is 37.5. The summed E-state index contributed by atoms with van der Waals surface area (Å²) < 4.78 is 61.1. The molecular formula is C79H134O16P2. The molecule has 0 fully saturated rings. The number of carbonyl (C=O) groups is 3. The van der Waals surface area contributed by atoms with Crippen molar-refractivity contribution in [2.75, 3.05) is 39.6 Å². The number of carbonyl (C=O) groups excluding carboxylic acids is 3. The third kappa shape index (κ3) is 72.8. The van der Waals surface area contributed by atoms with E-state index < -0.39 is 91.5 Å². The van der Waals surface area contributed by atoms with E-state index in [9.17, 15) is 43.5 Å². The first kappa shape index (κ1) is 92.7. The van der Waals surface area contributed by atoms with E-state index in [1.807, 2.05) is 0 Å². The second-order valence-corrected chi connectivity index (χ2v) is 27.6. The molecule has 0 spiro atoms. The molecule has 4 N–H and O–H groups in total. The van der Waals surface area contributed by atoms with Crippen LogP contribution < -0.4 is 0 Å². The summed E-state index contributed by atoms with van der Waals surface area (Å²) in [6.45, 7) is 2.47. The van der Waals surface area contributed by atoms with Gasteiger partial charge in [-0.05, 0) is 141 Å². The fraction of sp³-hybridized carbons (Fsp3) is 0.684. The molecule has 0 aromatic carbocycles. The van der Waals surface area contributed by atoms with Gasteiger partial charge in [0.25, 0.3) is 0 Å². The number of rotatable bonds is 70. The Morgan fingerprint density at radius 2 is 0.546 bits per heavy atom. The van der Waals surface area contributed by atoms with Crippen molar-refractivity contribution < 1.29 is 75.8 Å². The van der Waals surface area contributed by atoms with Crippen LogP contribution in [0.4, 0.5) is 0 Å². The van der Waals surface area contributed by atoms with Gasteiger partial charge in [-0.1, -0.05) is 264 Å². The molecule has 0 aliphatic rings. The van der Waals surface area contributed by atoms with Crippen LogP contribution in [-0.4, -0.2) is 95.9 Å². The highest BCUT2D eigenvalue weighted by Crippen LogP contribution is 2.45. The van der Waals surface area contributed by atoms with Crippen molar-refractivity contribution in [1.82, 2.24) is 0 Å². The maximum atomic E-state index is 13.0. The summed E-state index contributed by atoms with van der Waals surface area (Å²) in [5.74, 6) is -1.62. The van der Waals surface area contributed by atoms with Crippen molar-refractivity contribution >= 4 is 33.6 Å². The summed E-state index contributed by atoms with van der Waals surface area (Å²) in [5, 5.41) is 20.6. The lowest BCUT2D eigenvalue weighted by molar-refractivity contribution is -0.161. The standard InChI is InChI=1S/C79H134O16P2/c1-4-7-10-13-16-19-22-25-28-31-34-35-36-37-40-42-44-47-50-53-56-59-62-65-77(82)89-68-74(80)69-91-96(85,86)92-70-75(81)71-93-97(87,88)94-73-76(95-79(84)67-64-61-58-55-52-49-46-43-39-33-30-27-24-21-18-15-12-9-6-3)72-90-78(83)66-63-60-57-54-51-48-45-41-38-32-29-26-23-20-17-14-11-8-5-2/h7,10,16-21,25-30,34-35,37-41,43,74-76,80-81H,4-6,8-9,11-15,22-24,31-33,36,42,44-73H2,1-3H3,(H,85,86)(H,87,88)/b10-7-,19-16-,20-17-,21-18-,28-25-,29-26-,30-27-,35-34-,40-37-,41-38-,43-39-. The molecule has 0 bridgehead atoms. The van der Waals surface area contributed by atoms with Crippen LogP contribution in [-0.2, 0) is 55.8 Å². The predicted octanol–water partition coefficient (Wildman–Crippen LogP) is 21.5. The zero-order valence-electron chi connectivity index (χ0n) is 60.5. The molecule has 0 heterocycles. The third-order valence-corrected chi connectivity index (χ3v) is 17.2. The molecule has 0 saturated carbocycles. The monoisotopic (exact) mass is 1400 g/mol. The van der Waals surface area contributed by atoms with Crippen LogP contribution in [0.3, 0.4) is 0 Å². The zero-order valence-corrected chi connectivity index (χ0v) is 62.2.